The smallest absolute Gasteiger partial charge is 0.318 e. The van der Waals surface area contributed by atoms with Gasteiger partial charge < -0.3 is 25.4 Å². The predicted octanol–water partition coefficient (Wildman–Crippen LogP) is 3.68. The van der Waals surface area contributed by atoms with E-state index in [0.29, 0.717) is 23.8 Å². The number of urea groups is 1. The number of nitrogens with one attached hydrogen (secondary N) is 3. The lowest BCUT2D eigenvalue weighted by atomic mass is 10.2. The molecule has 1 atom stereocenters. The Morgan fingerprint density at radius 3 is 2.50 bits per heavy atom. The molecule has 8 heteroatoms. The van der Waals surface area contributed by atoms with Gasteiger partial charge in [0.05, 0.1) is 0 Å². The second-order valence-electron chi connectivity index (χ2n) is 7.39. The number of carbonyl (C=O) groups is 2. The molecule has 4 rings (SSSR count). The predicted molar refractivity (Wildman–Crippen MR) is 120 cm³/mol. The maximum absolute atomic E-state index is 12.6. The van der Waals surface area contributed by atoms with E-state index in [-0.39, 0.29) is 11.9 Å². The van der Waals surface area contributed by atoms with Crippen LogP contribution in [-0.4, -0.2) is 54.0 Å². The summed E-state index contributed by atoms with van der Waals surface area (Å²) in [6, 6.07) is 14.4. The molecule has 1 saturated heterocycles. The highest BCUT2D eigenvalue weighted by Crippen LogP contribution is 2.20. The van der Waals surface area contributed by atoms with Gasteiger partial charge in [0.15, 0.2) is 0 Å². The Labute approximate surface area is 180 Å². The van der Waals surface area contributed by atoms with E-state index in [4.69, 9.17) is 11.6 Å². The first-order valence-electron chi connectivity index (χ1n) is 9.93. The first kappa shape index (κ1) is 20.1. The number of halogens is 1. The summed E-state index contributed by atoms with van der Waals surface area (Å²) in [7, 11) is 0. The number of hydrogen-bond acceptors (Lipinski definition) is 3. The summed E-state index contributed by atoms with van der Waals surface area (Å²) in [6.07, 6.45) is 1.85. The molecule has 3 aromatic rings. The van der Waals surface area contributed by atoms with E-state index < -0.39 is 6.04 Å². The minimum atomic E-state index is -0.645. The van der Waals surface area contributed by atoms with Crippen LogP contribution in [0.5, 0.6) is 0 Å². The van der Waals surface area contributed by atoms with Crippen LogP contribution in [0.4, 0.5) is 16.2 Å². The van der Waals surface area contributed by atoms with Crippen LogP contribution in [0.2, 0.25) is 5.02 Å². The first-order chi connectivity index (χ1) is 14.5. The number of benzene rings is 2. The Balaban J connectivity index is 1.27. The van der Waals surface area contributed by atoms with Crippen LogP contribution in [0.25, 0.3) is 10.9 Å². The Morgan fingerprint density at radius 2 is 1.77 bits per heavy atom. The van der Waals surface area contributed by atoms with Gasteiger partial charge in [-0.1, -0.05) is 11.6 Å². The lowest BCUT2D eigenvalue weighted by Crippen LogP contribution is -2.54. The zero-order valence-corrected chi connectivity index (χ0v) is 17.4. The Kier molecular flexibility index (Phi) is 5.81. The molecule has 2 aromatic carbocycles. The largest absolute Gasteiger partial charge is 0.368 e. The van der Waals surface area contributed by atoms with Crippen molar-refractivity contribution >= 4 is 45.8 Å². The molecule has 7 nitrogen and oxygen atoms in total. The van der Waals surface area contributed by atoms with Crippen LogP contribution in [0.15, 0.2) is 54.7 Å². The van der Waals surface area contributed by atoms with Gasteiger partial charge in [0.1, 0.15) is 6.04 Å². The van der Waals surface area contributed by atoms with Gasteiger partial charge in [-0.2, -0.15) is 0 Å². The van der Waals surface area contributed by atoms with E-state index >= 15 is 0 Å². The number of hydrogen-bond donors (Lipinski definition) is 3. The molecule has 156 valence electrons. The van der Waals surface area contributed by atoms with Gasteiger partial charge in [0.25, 0.3) is 0 Å². The normalized spacial score (nSPS) is 15.1. The Hall–Kier alpha value is -3.19. The van der Waals surface area contributed by atoms with Gasteiger partial charge in [-0.05, 0) is 55.5 Å². The maximum Gasteiger partial charge on any atom is 0.318 e. The number of anilines is 2. The molecule has 0 aliphatic carbocycles. The van der Waals surface area contributed by atoms with Crippen LogP contribution in [-0.2, 0) is 4.79 Å². The monoisotopic (exact) mass is 425 g/mol. The van der Waals surface area contributed by atoms with Crippen LogP contribution < -0.4 is 15.5 Å². The number of aromatic amines is 1. The number of nitrogens with zero attached hydrogens (tertiary/aromatic N) is 2. The Bertz CT molecular complexity index is 1040. The molecular formula is C22H24ClN5O2. The van der Waals surface area contributed by atoms with E-state index in [0.717, 1.165) is 29.7 Å². The molecule has 3 N–H and O–H groups in total. The summed E-state index contributed by atoms with van der Waals surface area (Å²) in [6.45, 7) is 4.32. The summed E-state index contributed by atoms with van der Waals surface area (Å²) in [4.78, 5) is 32.2. The summed E-state index contributed by atoms with van der Waals surface area (Å²) in [5.74, 6) is -0.252. The number of fused-ring (bicyclic) bond motifs is 1. The number of H-pyrrole nitrogens is 1. The molecule has 0 unspecified atom stereocenters. The van der Waals surface area contributed by atoms with E-state index in [1.54, 1.807) is 11.8 Å². The molecule has 0 spiro atoms. The molecule has 1 aromatic heterocycles. The minimum absolute atomic E-state index is 0.227. The van der Waals surface area contributed by atoms with Gasteiger partial charge in [-0.25, -0.2) is 4.79 Å². The lowest BCUT2D eigenvalue weighted by Gasteiger charge is -2.36. The summed E-state index contributed by atoms with van der Waals surface area (Å²) >= 11 is 5.95. The highest BCUT2D eigenvalue weighted by atomic mass is 35.5. The van der Waals surface area contributed by atoms with E-state index in [2.05, 4.69) is 20.5 Å². The molecule has 0 radical (unpaired) electrons. The molecule has 3 amide bonds. The third-order valence-corrected chi connectivity index (χ3v) is 5.56. The topological polar surface area (TPSA) is 80.5 Å². The van der Waals surface area contributed by atoms with Crippen molar-refractivity contribution in [1.29, 1.82) is 0 Å². The number of amides is 3. The fraction of sp³-hybridized carbons (Fsp3) is 0.273. The first-order valence-corrected chi connectivity index (χ1v) is 10.3. The van der Waals surface area contributed by atoms with Crippen molar-refractivity contribution in [3.05, 3.63) is 59.8 Å². The van der Waals surface area contributed by atoms with Crippen molar-refractivity contribution in [3.8, 4) is 0 Å². The van der Waals surface area contributed by atoms with E-state index in [9.17, 15) is 9.59 Å². The molecular weight excluding hydrogens is 402 g/mol. The second kappa shape index (κ2) is 8.67. The van der Waals surface area contributed by atoms with Crippen molar-refractivity contribution in [2.45, 2.75) is 13.0 Å². The Morgan fingerprint density at radius 1 is 1.03 bits per heavy atom. The number of piperazine rings is 1. The van der Waals surface area contributed by atoms with Gasteiger partial charge in [0, 0.05) is 59.7 Å². The number of rotatable bonds is 4. The van der Waals surface area contributed by atoms with Crippen molar-refractivity contribution < 1.29 is 9.59 Å². The molecule has 2 heterocycles. The second-order valence-corrected chi connectivity index (χ2v) is 7.83. The van der Waals surface area contributed by atoms with Crippen molar-refractivity contribution in [3.63, 3.8) is 0 Å². The lowest BCUT2D eigenvalue weighted by molar-refractivity contribution is -0.117. The zero-order valence-electron chi connectivity index (χ0n) is 16.7. The minimum Gasteiger partial charge on any atom is -0.368 e. The maximum atomic E-state index is 12.6. The highest BCUT2D eigenvalue weighted by molar-refractivity contribution is 6.30. The number of carbonyl (C=O) groups excluding carboxylic acids is 2. The summed E-state index contributed by atoms with van der Waals surface area (Å²) in [5.41, 5.74) is 2.79. The standard InChI is InChI=1S/C22H24ClN5O2/c1-15(21(29)26-18-4-7-20-16(14-18)8-9-24-20)25-22(30)28-12-10-27(11-13-28)19-5-2-17(23)3-6-19/h2-9,14-15,24H,10-13H2,1H3,(H,25,30)(H,26,29)/t15-/m1/s1. The molecule has 1 fully saturated rings. The fourth-order valence-corrected chi connectivity index (χ4v) is 3.67. The quantitative estimate of drug-likeness (QED) is 0.596. The van der Waals surface area contributed by atoms with E-state index in [1.807, 2.05) is 54.7 Å². The summed E-state index contributed by atoms with van der Waals surface area (Å²) in [5, 5.41) is 7.38. The van der Waals surface area contributed by atoms with Gasteiger partial charge in [-0.15, -0.1) is 0 Å². The molecule has 1 aliphatic rings. The fourth-order valence-electron chi connectivity index (χ4n) is 3.54. The third-order valence-electron chi connectivity index (χ3n) is 5.31. The van der Waals surface area contributed by atoms with Crippen molar-refractivity contribution in [1.82, 2.24) is 15.2 Å². The van der Waals surface area contributed by atoms with E-state index in [1.165, 1.54) is 0 Å². The van der Waals surface area contributed by atoms with Gasteiger partial charge >= 0.3 is 6.03 Å². The molecule has 0 saturated carbocycles. The highest BCUT2D eigenvalue weighted by Gasteiger charge is 2.24. The van der Waals surface area contributed by atoms with Crippen LogP contribution in [0, 0.1) is 0 Å². The van der Waals surface area contributed by atoms with Crippen LogP contribution >= 0.6 is 11.6 Å². The van der Waals surface area contributed by atoms with Crippen LogP contribution in [0.3, 0.4) is 0 Å². The summed E-state index contributed by atoms with van der Waals surface area (Å²) < 4.78 is 0. The zero-order chi connectivity index (χ0) is 21.1. The van der Waals surface area contributed by atoms with Gasteiger partial charge in [-0.3, -0.25) is 4.79 Å². The average molecular weight is 426 g/mol. The average Bonchev–Trinajstić information content (AvgIpc) is 3.22. The number of aromatic nitrogens is 1. The molecule has 0 bridgehead atoms. The third kappa shape index (κ3) is 4.52. The molecule has 30 heavy (non-hydrogen) atoms. The van der Waals surface area contributed by atoms with Crippen molar-refractivity contribution in [2.24, 2.45) is 0 Å². The van der Waals surface area contributed by atoms with Crippen LogP contribution in [0.1, 0.15) is 6.92 Å². The molecule has 1 aliphatic heterocycles. The SMILES string of the molecule is C[C@@H](NC(=O)N1CCN(c2ccc(Cl)cc2)CC1)C(=O)Nc1ccc2[nH]ccc2c1. The van der Waals surface area contributed by atoms with Crippen molar-refractivity contribution in [2.75, 3.05) is 36.4 Å². The van der Waals surface area contributed by atoms with Gasteiger partial charge in [0.2, 0.25) is 5.91 Å².